The van der Waals surface area contributed by atoms with Gasteiger partial charge in [0.2, 0.25) is 0 Å². The maximum Gasteiger partial charge on any atom is 0.254 e. The van der Waals surface area contributed by atoms with E-state index >= 15 is 0 Å². The van der Waals surface area contributed by atoms with Gasteiger partial charge in [-0.2, -0.15) is 0 Å². The minimum absolute atomic E-state index is 0.0147. The Kier molecular flexibility index (Phi) is 4.73. The quantitative estimate of drug-likeness (QED) is 0.924. The predicted octanol–water partition coefficient (Wildman–Crippen LogP) is 1.92. The van der Waals surface area contributed by atoms with Gasteiger partial charge >= 0.3 is 0 Å². The van der Waals surface area contributed by atoms with E-state index in [0.717, 1.165) is 26.1 Å². The molecule has 0 atom stereocenters. The molecule has 1 heterocycles. The minimum Gasteiger partial charge on any atom is -0.497 e. The highest BCUT2D eigenvalue weighted by atomic mass is 16.5. The summed E-state index contributed by atoms with van der Waals surface area (Å²) in [6.07, 6.45) is 0.955. The summed E-state index contributed by atoms with van der Waals surface area (Å²) >= 11 is 0. The normalized spacial score (nSPS) is 18.0. The van der Waals surface area contributed by atoms with E-state index in [1.165, 1.54) is 0 Å². The molecule has 1 aliphatic rings. The van der Waals surface area contributed by atoms with Gasteiger partial charge in [0.25, 0.3) is 5.91 Å². The van der Waals surface area contributed by atoms with Crippen LogP contribution in [0.4, 0.5) is 0 Å². The van der Waals surface area contributed by atoms with Crippen molar-refractivity contribution in [1.82, 2.24) is 10.2 Å². The summed E-state index contributed by atoms with van der Waals surface area (Å²) in [5.74, 6) is 1.27. The summed E-state index contributed by atoms with van der Waals surface area (Å²) in [6.45, 7) is 6.65. The number of ether oxygens (including phenoxy) is 2. The van der Waals surface area contributed by atoms with Crippen LogP contribution in [0.5, 0.6) is 11.5 Å². The second-order valence-corrected chi connectivity index (χ2v) is 5.90. The first-order chi connectivity index (χ1) is 9.97. The molecule has 0 radical (unpaired) electrons. The number of nitrogens with one attached hydrogen (secondary N) is 1. The molecule has 1 aromatic carbocycles. The Morgan fingerprint density at radius 3 is 2.38 bits per heavy atom. The number of hydrogen-bond acceptors (Lipinski definition) is 4. The summed E-state index contributed by atoms with van der Waals surface area (Å²) in [7, 11) is 3.17. The third kappa shape index (κ3) is 3.47. The van der Waals surface area contributed by atoms with Crippen LogP contribution >= 0.6 is 0 Å². The summed E-state index contributed by atoms with van der Waals surface area (Å²) in [6, 6.07) is 5.30. The zero-order chi connectivity index (χ0) is 15.5. The summed E-state index contributed by atoms with van der Waals surface area (Å²) in [5, 5.41) is 3.38. The highest BCUT2D eigenvalue weighted by molar-refractivity contribution is 5.95. The van der Waals surface area contributed by atoms with Crippen molar-refractivity contribution in [1.29, 1.82) is 0 Å². The van der Waals surface area contributed by atoms with Crippen molar-refractivity contribution in [2.45, 2.75) is 25.8 Å². The fourth-order valence-electron chi connectivity index (χ4n) is 2.62. The molecule has 0 aliphatic carbocycles. The van der Waals surface area contributed by atoms with Crippen LogP contribution < -0.4 is 14.8 Å². The number of amides is 1. The molecule has 0 spiro atoms. The lowest BCUT2D eigenvalue weighted by Crippen LogP contribution is -2.51. The SMILES string of the molecule is COc1cc(OC)cc(C(=O)N2CCCNCC2(C)C)c1. The second kappa shape index (κ2) is 6.35. The van der Waals surface area contributed by atoms with Gasteiger partial charge in [-0.05, 0) is 38.9 Å². The van der Waals surface area contributed by atoms with E-state index in [1.807, 2.05) is 4.90 Å². The van der Waals surface area contributed by atoms with Crippen LogP contribution in [-0.4, -0.2) is 50.2 Å². The lowest BCUT2D eigenvalue weighted by atomic mass is 10.0. The molecule has 116 valence electrons. The van der Waals surface area contributed by atoms with Crippen molar-refractivity contribution in [2.24, 2.45) is 0 Å². The Morgan fingerprint density at radius 1 is 1.19 bits per heavy atom. The largest absolute Gasteiger partial charge is 0.497 e. The average molecular weight is 292 g/mol. The standard InChI is InChI=1S/C16H24N2O3/c1-16(2)11-17-6-5-7-18(16)15(19)12-8-13(20-3)10-14(9-12)21-4/h8-10,17H,5-7,11H2,1-4H3. The summed E-state index contributed by atoms with van der Waals surface area (Å²) < 4.78 is 10.5. The molecule has 2 rings (SSSR count). The van der Waals surface area contributed by atoms with Gasteiger partial charge in [0, 0.05) is 30.3 Å². The number of carbonyl (C=O) groups excluding carboxylic acids is 1. The van der Waals surface area contributed by atoms with Gasteiger partial charge in [-0.25, -0.2) is 0 Å². The van der Waals surface area contributed by atoms with Crippen molar-refractivity contribution in [2.75, 3.05) is 33.9 Å². The van der Waals surface area contributed by atoms with Gasteiger partial charge < -0.3 is 19.7 Å². The van der Waals surface area contributed by atoms with Gasteiger partial charge in [0.15, 0.2) is 0 Å². The van der Waals surface area contributed by atoms with Gasteiger partial charge in [-0.3, -0.25) is 4.79 Å². The first kappa shape index (κ1) is 15.6. The lowest BCUT2D eigenvalue weighted by molar-refractivity contribution is 0.0577. The molecule has 1 N–H and O–H groups in total. The van der Waals surface area contributed by atoms with Gasteiger partial charge in [-0.15, -0.1) is 0 Å². The number of methoxy groups -OCH3 is 2. The van der Waals surface area contributed by atoms with Crippen molar-refractivity contribution in [3.8, 4) is 11.5 Å². The van der Waals surface area contributed by atoms with E-state index in [9.17, 15) is 4.79 Å². The number of benzene rings is 1. The van der Waals surface area contributed by atoms with E-state index in [-0.39, 0.29) is 11.4 Å². The van der Waals surface area contributed by atoms with Gasteiger partial charge in [0.05, 0.1) is 14.2 Å². The zero-order valence-corrected chi connectivity index (χ0v) is 13.2. The van der Waals surface area contributed by atoms with Crippen LogP contribution in [0.2, 0.25) is 0 Å². The van der Waals surface area contributed by atoms with Crippen LogP contribution in [0, 0.1) is 0 Å². The average Bonchev–Trinajstić information content (AvgIpc) is 2.66. The van der Waals surface area contributed by atoms with Crippen LogP contribution in [-0.2, 0) is 0 Å². The van der Waals surface area contributed by atoms with E-state index in [4.69, 9.17) is 9.47 Å². The molecular formula is C16H24N2O3. The Bertz CT molecular complexity index is 492. The molecule has 1 aromatic rings. The Labute approximate surface area is 126 Å². The van der Waals surface area contributed by atoms with Crippen LogP contribution in [0.1, 0.15) is 30.6 Å². The summed E-state index contributed by atoms with van der Waals surface area (Å²) in [4.78, 5) is 14.8. The molecule has 0 aromatic heterocycles. The zero-order valence-electron chi connectivity index (χ0n) is 13.2. The molecule has 1 saturated heterocycles. The topological polar surface area (TPSA) is 50.8 Å². The van der Waals surface area contributed by atoms with Crippen LogP contribution in [0.25, 0.3) is 0 Å². The monoisotopic (exact) mass is 292 g/mol. The Balaban J connectivity index is 2.33. The Morgan fingerprint density at radius 2 is 1.81 bits per heavy atom. The van der Waals surface area contributed by atoms with E-state index in [1.54, 1.807) is 32.4 Å². The molecule has 21 heavy (non-hydrogen) atoms. The van der Waals surface area contributed by atoms with Crippen LogP contribution in [0.3, 0.4) is 0 Å². The molecule has 1 aliphatic heterocycles. The van der Waals surface area contributed by atoms with E-state index in [0.29, 0.717) is 17.1 Å². The number of hydrogen-bond donors (Lipinski definition) is 1. The summed E-state index contributed by atoms with van der Waals surface area (Å²) in [5.41, 5.74) is 0.380. The maximum atomic E-state index is 12.9. The van der Waals surface area contributed by atoms with Crippen molar-refractivity contribution < 1.29 is 14.3 Å². The molecule has 5 heteroatoms. The fourth-order valence-corrected chi connectivity index (χ4v) is 2.62. The first-order valence-corrected chi connectivity index (χ1v) is 7.24. The molecule has 0 saturated carbocycles. The molecule has 1 fully saturated rings. The maximum absolute atomic E-state index is 12.9. The molecule has 0 unspecified atom stereocenters. The smallest absolute Gasteiger partial charge is 0.254 e. The van der Waals surface area contributed by atoms with Crippen molar-refractivity contribution in [3.63, 3.8) is 0 Å². The highest BCUT2D eigenvalue weighted by Crippen LogP contribution is 2.26. The number of carbonyl (C=O) groups is 1. The lowest BCUT2D eigenvalue weighted by Gasteiger charge is -2.37. The molecule has 5 nitrogen and oxygen atoms in total. The fraction of sp³-hybridized carbons (Fsp3) is 0.562. The van der Waals surface area contributed by atoms with Crippen molar-refractivity contribution in [3.05, 3.63) is 23.8 Å². The highest BCUT2D eigenvalue weighted by Gasteiger charge is 2.32. The number of rotatable bonds is 3. The molecule has 0 bridgehead atoms. The second-order valence-electron chi connectivity index (χ2n) is 5.90. The van der Waals surface area contributed by atoms with Gasteiger partial charge in [0.1, 0.15) is 11.5 Å². The Hall–Kier alpha value is -1.75. The van der Waals surface area contributed by atoms with E-state index in [2.05, 4.69) is 19.2 Å². The van der Waals surface area contributed by atoms with Crippen LogP contribution in [0.15, 0.2) is 18.2 Å². The third-order valence-electron chi connectivity index (χ3n) is 3.87. The molecule has 1 amide bonds. The van der Waals surface area contributed by atoms with E-state index < -0.39 is 0 Å². The minimum atomic E-state index is -0.218. The predicted molar refractivity (Wildman–Crippen MR) is 82.1 cm³/mol. The number of nitrogens with zero attached hydrogens (tertiary/aromatic N) is 1. The third-order valence-corrected chi connectivity index (χ3v) is 3.87. The molecular weight excluding hydrogens is 268 g/mol. The van der Waals surface area contributed by atoms with Gasteiger partial charge in [-0.1, -0.05) is 0 Å². The first-order valence-electron chi connectivity index (χ1n) is 7.24. The van der Waals surface area contributed by atoms with Crippen molar-refractivity contribution >= 4 is 5.91 Å².